The van der Waals surface area contributed by atoms with Crippen LogP contribution in [0, 0.1) is 5.41 Å². The molecule has 0 saturated carbocycles. The first kappa shape index (κ1) is 10.9. The van der Waals surface area contributed by atoms with Crippen molar-refractivity contribution in [3.63, 3.8) is 0 Å². The Bertz CT molecular complexity index is 230. The summed E-state index contributed by atoms with van der Waals surface area (Å²) in [7, 11) is 0. The van der Waals surface area contributed by atoms with Crippen molar-refractivity contribution in [2.24, 2.45) is 5.73 Å². The van der Waals surface area contributed by atoms with Crippen molar-refractivity contribution in [2.45, 2.75) is 56.7 Å². The molecule has 2 saturated heterocycles. The van der Waals surface area contributed by atoms with Crippen LogP contribution in [0.3, 0.4) is 0 Å². The van der Waals surface area contributed by atoms with Crippen molar-refractivity contribution < 1.29 is 5.11 Å². The quantitative estimate of drug-likeness (QED) is 0.473. The van der Waals surface area contributed by atoms with E-state index in [4.69, 9.17) is 11.1 Å². The molecule has 4 nitrogen and oxygen atoms in total. The molecule has 0 amide bonds. The van der Waals surface area contributed by atoms with Crippen molar-refractivity contribution in [1.82, 2.24) is 4.90 Å². The highest BCUT2D eigenvalue weighted by molar-refractivity contribution is 5.76. The number of aliphatic hydroxyl groups excluding tert-OH is 1. The maximum Gasteiger partial charge on any atom is 0.0905 e. The fraction of sp³-hybridized carbons (Fsp3) is 0.909. The van der Waals surface area contributed by atoms with Crippen molar-refractivity contribution in [1.29, 1.82) is 5.41 Å². The molecule has 2 fully saturated rings. The molecule has 2 aliphatic heterocycles. The first-order valence-corrected chi connectivity index (χ1v) is 5.93. The lowest BCUT2D eigenvalue weighted by atomic mass is 9.99. The Morgan fingerprint density at radius 2 is 1.93 bits per heavy atom. The van der Waals surface area contributed by atoms with Crippen LogP contribution in [0.25, 0.3) is 0 Å². The fourth-order valence-corrected chi connectivity index (χ4v) is 3.06. The summed E-state index contributed by atoms with van der Waals surface area (Å²) in [6.45, 7) is 1.04. The van der Waals surface area contributed by atoms with Gasteiger partial charge in [0.1, 0.15) is 0 Å². The van der Waals surface area contributed by atoms with Crippen molar-refractivity contribution in [2.75, 3.05) is 6.54 Å². The second-order valence-corrected chi connectivity index (χ2v) is 4.88. The number of rotatable bonds is 4. The maximum atomic E-state index is 9.64. The molecule has 15 heavy (non-hydrogen) atoms. The molecule has 0 aromatic heterocycles. The monoisotopic (exact) mass is 211 g/mol. The zero-order valence-electron chi connectivity index (χ0n) is 9.15. The van der Waals surface area contributed by atoms with Gasteiger partial charge in [0.15, 0.2) is 0 Å². The highest BCUT2D eigenvalue weighted by atomic mass is 16.3. The number of hydrogen-bond donors (Lipinski definition) is 3. The van der Waals surface area contributed by atoms with E-state index in [1.54, 1.807) is 0 Å². The Balaban J connectivity index is 1.81. The van der Waals surface area contributed by atoms with Crippen LogP contribution in [0.5, 0.6) is 0 Å². The van der Waals surface area contributed by atoms with Crippen molar-refractivity contribution in [3.8, 4) is 0 Å². The molecule has 2 unspecified atom stereocenters. The van der Waals surface area contributed by atoms with Gasteiger partial charge < -0.3 is 10.8 Å². The molecule has 0 aliphatic carbocycles. The van der Waals surface area contributed by atoms with E-state index >= 15 is 0 Å². The average Bonchev–Trinajstić information content (AvgIpc) is 2.42. The highest BCUT2D eigenvalue weighted by Gasteiger charge is 2.39. The van der Waals surface area contributed by atoms with Crippen LogP contribution in [0.4, 0.5) is 0 Å². The van der Waals surface area contributed by atoms with Crippen LogP contribution in [-0.4, -0.2) is 40.6 Å². The molecule has 2 rings (SSSR count). The molecule has 0 aromatic carbocycles. The number of nitrogens with one attached hydrogen (secondary N) is 1. The van der Waals surface area contributed by atoms with Gasteiger partial charge in [-0.05, 0) is 38.6 Å². The Kier molecular flexibility index (Phi) is 3.26. The van der Waals surface area contributed by atoms with Crippen molar-refractivity contribution >= 4 is 5.84 Å². The van der Waals surface area contributed by atoms with Crippen LogP contribution >= 0.6 is 0 Å². The molecule has 2 heterocycles. The summed E-state index contributed by atoms with van der Waals surface area (Å²) in [6.07, 6.45) is 5.97. The molecule has 4 N–H and O–H groups in total. The average molecular weight is 211 g/mol. The second kappa shape index (κ2) is 4.49. The van der Waals surface area contributed by atoms with E-state index in [1.807, 2.05) is 0 Å². The summed E-state index contributed by atoms with van der Waals surface area (Å²) in [5.41, 5.74) is 5.34. The van der Waals surface area contributed by atoms with Crippen LogP contribution in [0.2, 0.25) is 0 Å². The molecular weight excluding hydrogens is 190 g/mol. The fourth-order valence-electron chi connectivity index (χ4n) is 3.06. The lowest BCUT2D eigenvalue weighted by molar-refractivity contribution is 0.0352. The smallest absolute Gasteiger partial charge is 0.0905 e. The van der Waals surface area contributed by atoms with Gasteiger partial charge in [-0.1, -0.05) is 0 Å². The molecule has 2 atom stereocenters. The lowest BCUT2D eigenvalue weighted by Crippen LogP contribution is -2.45. The number of aliphatic hydroxyl groups is 1. The molecule has 4 heteroatoms. The first-order valence-electron chi connectivity index (χ1n) is 5.93. The summed E-state index contributed by atoms with van der Waals surface area (Å²) in [4.78, 5) is 2.52. The number of nitrogens with two attached hydrogens (primary N) is 1. The van der Waals surface area contributed by atoms with E-state index in [1.165, 1.54) is 12.8 Å². The zero-order valence-corrected chi connectivity index (χ0v) is 9.15. The number of hydrogen-bond acceptors (Lipinski definition) is 3. The molecule has 2 bridgehead atoms. The Morgan fingerprint density at radius 1 is 1.33 bits per heavy atom. The molecule has 0 radical (unpaired) electrons. The minimum Gasteiger partial charge on any atom is -0.393 e. The maximum absolute atomic E-state index is 9.64. The largest absolute Gasteiger partial charge is 0.393 e. The molecule has 0 spiro atoms. The van der Waals surface area contributed by atoms with Crippen molar-refractivity contribution in [3.05, 3.63) is 0 Å². The molecule has 2 aliphatic rings. The first-order chi connectivity index (χ1) is 7.16. The summed E-state index contributed by atoms with van der Waals surface area (Å²) in [5.74, 6) is 0.291. The van der Waals surface area contributed by atoms with Crippen LogP contribution in [-0.2, 0) is 0 Å². The SMILES string of the molecule is N=C(N)CCCN1C2CCC1CC(O)C2. The summed E-state index contributed by atoms with van der Waals surface area (Å²) in [6, 6.07) is 1.18. The normalized spacial score (nSPS) is 35.7. The van der Waals surface area contributed by atoms with Gasteiger partial charge >= 0.3 is 0 Å². The molecule has 0 aromatic rings. The Hall–Kier alpha value is -0.610. The summed E-state index contributed by atoms with van der Waals surface area (Å²) < 4.78 is 0. The second-order valence-electron chi connectivity index (χ2n) is 4.88. The van der Waals surface area contributed by atoms with Gasteiger partial charge in [0, 0.05) is 18.5 Å². The van der Waals surface area contributed by atoms with Crippen LogP contribution in [0.1, 0.15) is 38.5 Å². The van der Waals surface area contributed by atoms with E-state index in [9.17, 15) is 5.11 Å². The van der Waals surface area contributed by atoms with E-state index in [-0.39, 0.29) is 6.10 Å². The van der Waals surface area contributed by atoms with E-state index in [2.05, 4.69) is 4.90 Å². The van der Waals surface area contributed by atoms with Gasteiger partial charge in [0.05, 0.1) is 11.9 Å². The van der Waals surface area contributed by atoms with E-state index in [0.717, 1.165) is 25.8 Å². The van der Waals surface area contributed by atoms with Gasteiger partial charge in [0.2, 0.25) is 0 Å². The Morgan fingerprint density at radius 3 is 2.47 bits per heavy atom. The third-order valence-corrected chi connectivity index (χ3v) is 3.72. The van der Waals surface area contributed by atoms with Crippen LogP contribution < -0.4 is 5.73 Å². The summed E-state index contributed by atoms with van der Waals surface area (Å²) >= 11 is 0. The predicted molar refractivity (Wildman–Crippen MR) is 59.9 cm³/mol. The number of amidine groups is 1. The predicted octanol–water partition coefficient (Wildman–Crippen LogP) is 0.690. The number of nitrogens with zero attached hydrogens (tertiary/aromatic N) is 1. The minimum absolute atomic E-state index is 0.0773. The summed E-state index contributed by atoms with van der Waals surface area (Å²) in [5, 5.41) is 16.8. The van der Waals surface area contributed by atoms with Gasteiger partial charge in [-0.3, -0.25) is 10.3 Å². The standard InChI is InChI=1S/C11H21N3O/c12-11(13)2-1-5-14-8-3-4-9(14)7-10(15)6-8/h8-10,15H,1-7H2,(H3,12,13). The number of piperidine rings is 1. The van der Waals surface area contributed by atoms with Gasteiger partial charge in [0.25, 0.3) is 0 Å². The van der Waals surface area contributed by atoms with Gasteiger partial charge in [-0.25, -0.2) is 0 Å². The lowest BCUT2D eigenvalue weighted by Gasteiger charge is -2.37. The third kappa shape index (κ3) is 2.49. The van der Waals surface area contributed by atoms with E-state index < -0.39 is 0 Å². The van der Waals surface area contributed by atoms with Gasteiger partial charge in [-0.15, -0.1) is 0 Å². The van der Waals surface area contributed by atoms with E-state index in [0.29, 0.717) is 24.3 Å². The highest BCUT2D eigenvalue weighted by Crippen LogP contribution is 2.35. The third-order valence-electron chi connectivity index (χ3n) is 3.72. The molecular formula is C11H21N3O. The zero-order chi connectivity index (χ0) is 10.8. The Labute approximate surface area is 91.0 Å². The topological polar surface area (TPSA) is 73.3 Å². The van der Waals surface area contributed by atoms with Gasteiger partial charge in [-0.2, -0.15) is 0 Å². The van der Waals surface area contributed by atoms with Crippen LogP contribution in [0.15, 0.2) is 0 Å². The number of fused-ring (bicyclic) bond motifs is 2. The minimum atomic E-state index is -0.0773. The molecule has 86 valence electrons.